The maximum atomic E-state index is 12.1. The minimum absolute atomic E-state index is 0.263. The van der Waals surface area contributed by atoms with Gasteiger partial charge in [-0.1, -0.05) is 0 Å². The number of alkyl halides is 2. The highest BCUT2D eigenvalue weighted by Crippen LogP contribution is 2.25. The largest absolute Gasteiger partial charge is 0.471 e. The van der Waals surface area contributed by atoms with Crippen LogP contribution in [0.4, 0.5) is 8.78 Å². The van der Waals surface area contributed by atoms with Gasteiger partial charge in [0.25, 0.3) is 6.43 Å². The second-order valence-electron chi connectivity index (χ2n) is 4.17. The number of pyridine rings is 1. The van der Waals surface area contributed by atoms with Gasteiger partial charge < -0.3 is 10.5 Å². The van der Waals surface area contributed by atoms with E-state index in [1.165, 1.54) is 5.56 Å². The molecule has 17 heavy (non-hydrogen) atoms. The van der Waals surface area contributed by atoms with E-state index in [9.17, 15) is 8.78 Å². The number of fused-ring (bicyclic) bond motifs is 1. The van der Waals surface area contributed by atoms with Gasteiger partial charge in [0.15, 0.2) is 6.61 Å². The maximum absolute atomic E-state index is 12.1. The van der Waals surface area contributed by atoms with E-state index in [0.717, 1.165) is 31.4 Å². The fraction of sp³-hybridized carbons (Fsp3) is 0.583. The molecule has 0 radical (unpaired) electrons. The second kappa shape index (κ2) is 5.40. The normalized spacial score (nSPS) is 14.8. The van der Waals surface area contributed by atoms with Gasteiger partial charge in [-0.05, 0) is 37.3 Å². The lowest BCUT2D eigenvalue weighted by Gasteiger charge is -2.18. The molecule has 0 fully saturated rings. The Morgan fingerprint density at radius 3 is 2.82 bits per heavy atom. The molecule has 0 aliphatic heterocycles. The van der Waals surface area contributed by atoms with Gasteiger partial charge >= 0.3 is 0 Å². The van der Waals surface area contributed by atoms with Crippen LogP contribution in [0.5, 0.6) is 5.88 Å². The molecular weight excluding hydrogens is 226 g/mol. The number of ether oxygens (including phenoxy) is 1. The molecule has 0 saturated heterocycles. The molecular formula is C12H16F2N2O. The fourth-order valence-corrected chi connectivity index (χ4v) is 2.08. The van der Waals surface area contributed by atoms with Gasteiger partial charge in [-0.2, -0.15) is 0 Å². The Balaban J connectivity index is 2.23. The van der Waals surface area contributed by atoms with Crippen molar-refractivity contribution in [2.24, 2.45) is 5.73 Å². The summed E-state index contributed by atoms with van der Waals surface area (Å²) in [5.41, 5.74) is 8.45. The molecule has 0 atom stereocenters. The molecule has 0 unspecified atom stereocenters. The molecule has 0 spiro atoms. The molecule has 94 valence electrons. The highest BCUT2D eigenvalue weighted by atomic mass is 19.3. The van der Waals surface area contributed by atoms with Crippen LogP contribution < -0.4 is 10.5 Å². The van der Waals surface area contributed by atoms with Gasteiger partial charge in [-0.25, -0.2) is 13.8 Å². The van der Waals surface area contributed by atoms with Crippen LogP contribution in [-0.2, 0) is 19.4 Å². The third-order valence-electron chi connectivity index (χ3n) is 2.91. The summed E-state index contributed by atoms with van der Waals surface area (Å²) in [5, 5.41) is 0. The van der Waals surface area contributed by atoms with Gasteiger partial charge in [0.05, 0.1) is 0 Å². The Kier molecular flexibility index (Phi) is 3.89. The van der Waals surface area contributed by atoms with Crippen molar-refractivity contribution in [2.45, 2.75) is 38.7 Å². The van der Waals surface area contributed by atoms with Crippen molar-refractivity contribution in [1.82, 2.24) is 4.98 Å². The van der Waals surface area contributed by atoms with E-state index in [4.69, 9.17) is 10.5 Å². The zero-order valence-corrected chi connectivity index (χ0v) is 9.59. The number of hydrogen-bond donors (Lipinski definition) is 1. The van der Waals surface area contributed by atoms with Gasteiger partial charge in [0.1, 0.15) is 0 Å². The fourth-order valence-electron chi connectivity index (χ4n) is 2.08. The average Bonchev–Trinajstić information content (AvgIpc) is 2.35. The van der Waals surface area contributed by atoms with Crippen LogP contribution in [0.25, 0.3) is 0 Å². The Morgan fingerprint density at radius 1 is 1.35 bits per heavy atom. The number of aryl methyl sites for hydroxylation is 2. The summed E-state index contributed by atoms with van der Waals surface area (Å²) in [5.74, 6) is 0.272. The molecule has 1 heterocycles. The Bertz CT molecular complexity index is 396. The molecule has 1 aromatic heterocycles. The SMILES string of the molecule is NCc1cc2c(nc1OCC(F)F)CCCC2. The van der Waals surface area contributed by atoms with E-state index in [2.05, 4.69) is 4.98 Å². The lowest BCUT2D eigenvalue weighted by Crippen LogP contribution is -2.14. The molecule has 3 nitrogen and oxygen atoms in total. The van der Waals surface area contributed by atoms with Crippen molar-refractivity contribution in [2.75, 3.05) is 6.61 Å². The summed E-state index contributed by atoms with van der Waals surface area (Å²) in [6.45, 7) is -0.363. The van der Waals surface area contributed by atoms with E-state index in [-0.39, 0.29) is 12.4 Å². The third kappa shape index (κ3) is 2.91. The summed E-state index contributed by atoms with van der Waals surface area (Å²) >= 11 is 0. The van der Waals surface area contributed by atoms with E-state index < -0.39 is 13.0 Å². The summed E-state index contributed by atoms with van der Waals surface area (Å²) in [6, 6.07) is 1.95. The third-order valence-corrected chi connectivity index (χ3v) is 2.91. The summed E-state index contributed by atoms with van der Waals surface area (Å²) in [6.07, 6.45) is 1.64. The Morgan fingerprint density at radius 2 is 2.12 bits per heavy atom. The first-order valence-electron chi connectivity index (χ1n) is 5.83. The molecule has 0 aromatic carbocycles. The first-order chi connectivity index (χ1) is 8.20. The van der Waals surface area contributed by atoms with Crippen molar-refractivity contribution in [3.8, 4) is 5.88 Å². The molecule has 0 bridgehead atoms. The number of halogens is 2. The minimum Gasteiger partial charge on any atom is -0.471 e. The Labute approximate surface area is 99.0 Å². The molecule has 1 aromatic rings. The van der Waals surface area contributed by atoms with E-state index in [1.54, 1.807) is 0 Å². The van der Waals surface area contributed by atoms with Crippen molar-refractivity contribution in [1.29, 1.82) is 0 Å². The average molecular weight is 242 g/mol. The number of hydrogen-bond acceptors (Lipinski definition) is 3. The van der Waals surface area contributed by atoms with Crippen molar-refractivity contribution < 1.29 is 13.5 Å². The van der Waals surface area contributed by atoms with Crippen LogP contribution in [0, 0.1) is 0 Å². The van der Waals surface area contributed by atoms with Crippen LogP contribution in [-0.4, -0.2) is 18.0 Å². The predicted molar refractivity (Wildman–Crippen MR) is 60.3 cm³/mol. The quantitative estimate of drug-likeness (QED) is 0.879. The smallest absolute Gasteiger partial charge is 0.272 e. The first-order valence-corrected chi connectivity index (χ1v) is 5.83. The highest BCUT2D eigenvalue weighted by Gasteiger charge is 2.16. The zero-order valence-electron chi connectivity index (χ0n) is 9.59. The van der Waals surface area contributed by atoms with Gasteiger partial charge in [0.2, 0.25) is 5.88 Å². The predicted octanol–water partition coefficient (Wildman–Crippen LogP) is 2.06. The first kappa shape index (κ1) is 12.2. The monoisotopic (exact) mass is 242 g/mol. The standard InChI is InChI=1S/C12H16F2N2O/c13-11(14)7-17-12-9(6-15)5-8-3-1-2-4-10(8)16-12/h5,11H,1-4,6-7,15H2. The zero-order chi connectivity index (χ0) is 12.3. The number of rotatable bonds is 4. The van der Waals surface area contributed by atoms with Crippen LogP contribution in [0.15, 0.2) is 6.07 Å². The van der Waals surface area contributed by atoms with E-state index in [0.29, 0.717) is 5.56 Å². The maximum Gasteiger partial charge on any atom is 0.272 e. The lowest BCUT2D eigenvalue weighted by molar-refractivity contribution is 0.0789. The topological polar surface area (TPSA) is 48.1 Å². The van der Waals surface area contributed by atoms with E-state index >= 15 is 0 Å². The van der Waals surface area contributed by atoms with Crippen LogP contribution in [0.1, 0.15) is 29.7 Å². The number of aromatic nitrogens is 1. The van der Waals surface area contributed by atoms with Gasteiger partial charge in [-0.15, -0.1) is 0 Å². The minimum atomic E-state index is -2.49. The highest BCUT2D eigenvalue weighted by molar-refractivity contribution is 5.35. The Hall–Kier alpha value is -1.23. The van der Waals surface area contributed by atoms with Crippen LogP contribution in [0.2, 0.25) is 0 Å². The summed E-state index contributed by atoms with van der Waals surface area (Å²) < 4.78 is 29.2. The van der Waals surface area contributed by atoms with Gasteiger partial charge in [0, 0.05) is 17.8 Å². The van der Waals surface area contributed by atoms with Crippen LogP contribution >= 0.6 is 0 Å². The van der Waals surface area contributed by atoms with Crippen LogP contribution in [0.3, 0.4) is 0 Å². The van der Waals surface area contributed by atoms with Crippen molar-refractivity contribution in [3.05, 3.63) is 22.9 Å². The van der Waals surface area contributed by atoms with Gasteiger partial charge in [-0.3, -0.25) is 0 Å². The van der Waals surface area contributed by atoms with E-state index in [1.807, 2.05) is 6.07 Å². The number of nitrogens with zero attached hydrogens (tertiary/aromatic N) is 1. The molecule has 5 heteroatoms. The molecule has 1 aliphatic rings. The second-order valence-corrected chi connectivity index (χ2v) is 4.17. The van der Waals surface area contributed by atoms with Crippen molar-refractivity contribution in [3.63, 3.8) is 0 Å². The summed E-state index contributed by atoms with van der Waals surface area (Å²) in [7, 11) is 0. The molecule has 0 saturated carbocycles. The van der Waals surface area contributed by atoms with Crippen molar-refractivity contribution >= 4 is 0 Å². The lowest BCUT2D eigenvalue weighted by atomic mass is 9.95. The molecule has 2 rings (SSSR count). The molecule has 2 N–H and O–H groups in total. The molecule has 0 amide bonds. The molecule has 1 aliphatic carbocycles. The summed E-state index contributed by atoms with van der Waals surface area (Å²) in [4.78, 5) is 4.32. The number of nitrogens with two attached hydrogens (primary N) is 1.